The molecule has 0 amide bonds. The van der Waals surface area contributed by atoms with Gasteiger partial charge in [0.1, 0.15) is 5.56 Å². The summed E-state index contributed by atoms with van der Waals surface area (Å²) in [6, 6.07) is 9.39. The van der Waals surface area contributed by atoms with Crippen molar-refractivity contribution in [2.24, 2.45) is 5.92 Å². The fourth-order valence-corrected chi connectivity index (χ4v) is 3.57. The van der Waals surface area contributed by atoms with Crippen LogP contribution in [-0.4, -0.2) is 28.8 Å². The third-order valence-corrected chi connectivity index (χ3v) is 5.93. The maximum Gasteiger partial charge on any atom is 0.332 e. The Bertz CT molecular complexity index is 994. The van der Waals surface area contributed by atoms with E-state index in [2.05, 4.69) is 10.1 Å². The summed E-state index contributed by atoms with van der Waals surface area (Å²) in [6.45, 7) is 0.797. The zero-order valence-electron chi connectivity index (χ0n) is 17.3. The first-order chi connectivity index (χ1) is 15.1. The average molecular weight is 445 g/mol. The van der Waals surface area contributed by atoms with Gasteiger partial charge in [0.2, 0.25) is 5.88 Å². The molecule has 0 aliphatic heterocycles. The summed E-state index contributed by atoms with van der Waals surface area (Å²) in [5.74, 6) is 2.31. The Morgan fingerprint density at radius 3 is 2.90 bits per heavy atom. The summed E-state index contributed by atoms with van der Waals surface area (Å²) in [5, 5.41) is 4.16. The fourth-order valence-electron chi connectivity index (χ4n) is 3.24. The van der Waals surface area contributed by atoms with E-state index < -0.39 is 8.60 Å². The van der Waals surface area contributed by atoms with Crippen LogP contribution >= 0.6 is 8.60 Å². The highest BCUT2D eigenvalue weighted by Gasteiger charge is 2.19. The van der Waals surface area contributed by atoms with Crippen molar-refractivity contribution in [1.82, 2.24) is 10.1 Å². The molecule has 1 atom stereocenters. The second-order valence-electron chi connectivity index (χ2n) is 7.43. The van der Waals surface area contributed by atoms with Gasteiger partial charge in [-0.25, -0.2) is 9.55 Å². The van der Waals surface area contributed by atoms with E-state index in [-0.39, 0.29) is 6.73 Å². The molecule has 1 aliphatic carbocycles. The van der Waals surface area contributed by atoms with Crippen LogP contribution in [0.2, 0.25) is 0 Å². The van der Waals surface area contributed by atoms with Crippen LogP contribution in [0.5, 0.6) is 5.88 Å². The van der Waals surface area contributed by atoms with E-state index in [0.29, 0.717) is 35.4 Å². The van der Waals surface area contributed by atoms with Crippen LogP contribution in [0.15, 0.2) is 47.2 Å². The molecule has 1 aliphatic rings. The number of nitrogen functional groups attached to an aromatic ring is 1. The summed E-state index contributed by atoms with van der Waals surface area (Å²) in [4.78, 5) is 13.8. The van der Waals surface area contributed by atoms with Crippen LogP contribution in [0.4, 0.5) is 5.82 Å². The summed E-state index contributed by atoms with van der Waals surface area (Å²) in [5.41, 5.74) is 8.70. The minimum Gasteiger partial charge on any atom is -0.477 e. The monoisotopic (exact) mass is 445 g/mol. The number of nitrogens with two attached hydrogens (primary N) is 1. The molecule has 1 fully saturated rings. The van der Waals surface area contributed by atoms with Crippen molar-refractivity contribution in [1.29, 1.82) is 0 Å². The maximum absolute atomic E-state index is 9.45. The molecule has 1 unspecified atom stereocenters. The highest BCUT2D eigenvalue weighted by atomic mass is 31.2. The van der Waals surface area contributed by atoms with E-state index >= 15 is 0 Å². The molecule has 164 valence electrons. The van der Waals surface area contributed by atoms with Gasteiger partial charge in [-0.2, -0.15) is 0 Å². The highest BCUT2D eigenvalue weighted by molar-refractivity contribution is 7.40. The zero-order chi connectivity index (χ0) is 21.6. The lowest BCUT2D eigenvalue weighted by molar-refractivity contribution is -0.711. The van der Waals surface area contributed by atoms with Crippen molar-refractivity contribution >= 4 is 14.4 Å². The molecule has 0 radical (unpaired) electrons. The molecule has 3 aromatic rings. The van der Waals surface area contributed by atoms with Gasteiger partial charge in [-0.3, -0.25) is 10.3 Å². The van der Waals surface area contributed by atoms with E-state index in [1.54, 1.807) is 17.0 Å². The summed E-state index contributed by atoms with van der Waals surface area (Å²) in [7, 11) is -0.564. The van der Waals surface area contributed by atoms with E-state index in [4.69, 9.17) is 24.0 Å². The molecule has 31 heavy (non-hydrogen) atoms. The van der Waals surface area contributed by atoms with Crippen LogP contribution in [0.1, 0.15) is 30.5 Å². The largest absolute Gasteiger partial charge is 0.477 e. The molecule has 0 saturated heterocycles. The third kappa shape index (κ3) is 5.57. The van der Waals surface area contributed by atoms with Gasteiger partial charge in [-0.15, -0.1) is 0 Å². The Hall–Kier alpha value is -2.58. The van der Waals surface area contributed by atoms with Gasteiger partial charge in [0.05, 0.1) is 18.5 Å². The number of pyridine rings is 2. The molecule has 9 nitrogen and oxygen atoms in total. The average Bonchev–Trinajstić information content (AvgIpc) is 3.21. The number of ether oxygens (including phenoxy) is 1. The van der Waals surface area contributed by atoms with E-state index in [1.165, 1.54) is 26.4 Å². The minimum atomic E-state index is -1.94. The first-order valence-electron chi connectivity index (χ1n) is 10.1. The van der Waals surface area contributed by atoms with Crippen LogP contribution in [0, 0.1) is 5.92 Å². The van der Waals surface area contributed by atoms with Crippen molar-refractivity contribution in [3.05, 3.63) is 54.0 Å². The van der Waals surface area contributed by atoms with Crippen molar-refractivity contribution in [2.45, 2.75) is 32.4 Å². The highest BCUT2D eigenvalue weighted by Crippen LogP contribution is 2.31. The Morgan fingerprint density at radius 2 is 2.19 bits per heavy atom. The first-order valence-corrected chi connectivity index (χ1v) is 11.2. The number of aromatic nitrogens is 3. The SMILES string of the molecule is COP(O)OC[n+]1cccc(-c2cc(Cc3ccc(OCC4CCC4)nc3)no2)c1N. The van der Waals surface area contributed by atoms with Crippen LogP contribution in [0.25, 0.3) is 11.3 Å². The van der Waals surface area contributed by atoms with Crippen molar-refractivity contribution in [3.63, 3.8) is 0 Å². The number of rotatable bonds is 10. The second kappa shape index (κ2) is 10.2. The molecule has 3 heterocycles. The van der Waals surface area contributed by atoms with Gasteiger partial charge < -0.3 is 18.7 Å². The number of hydrogen-bond acceptors (Lipinski definition) is 8. The smallest absolute Gasteiger partial charge is 0.332 e. The van der Waals surface area contributed by atoms with Crippen molar-refractivity contribution < 1.29 is 27.8 Å². The predicted molar refractivity (Wildman–Crippen MR) is 114 cm³/mol. The Kier molecular flexibility index (Phi) is 7.09. The van der Waals surface area contributed by atoms with Crippen molar-refractivity contribution in [3.8, 4) is 17.2 Å². The Morgan fingerprint density at radius 1 is 1.32 bits per heavy atom. The maximum atomic E-state index is 9.45. The molecular weight excluding hydrogens is 419 g/mol. The van der Waals surface area contributed by atoms with Gasteiger partial charge >= 0.3 is 8.60 Å². The molecular formula is C21H26N4O5P+. The van der Waals surface area contributed by atoms with Gasteiger partial charge in [-0.1, -0.05) is 17.6 Å². The van der Waals surface area contributed by atoms with Gasteiger partial charge in [0, 0.05) is 31.9 Å². The Labute approximate surface area is 181 Å². The van der Waals surface area contributed by atoms with Gasteiger partial charge in [0.15, 0.2) is 12.5 Å². The Balaban J connectivity index is 1.39. The predicted octanol–water partition coefficient (Wildman–Crippen LogP) is 3.22. The lowest BCUT2D eigenvalue weighted by Gasteiger charge is -2.24. The standard InChI is InChI=1S/C21H25N4O5P/c1-27-31(26)29-14-25-9-3-6-18(21(25)22)19-11-17(24-30-19)10-16-7-8-20(23-12-16)28-13-15-4-2-5-15/h3,6-9,11-12,15,22,26H,2,4-5,10,13-14H2,1H3/p+1. The fraction of sp³-hybridized carbons (Fsp3) is 0.381. The minimum absolute atomic E-state index is 0.0531. The lowest BCUT2D eigenvalue weighted by Crippen LogP contribution is -2.37. The second-order valence-corrected chi connectivity index (χ2v) is 8.53. The number of nitrogens with zero attached hydrogens (tertiary/aromatic N) is 3. The quantitative estimate of drug-likeness (QED) is 0.361. The van der Waals surface area contributed by atoms with Gasteiger partial charge in [0.25, 0.3) is 5.82 Å². The number of hydrogen-bond donors (Lipinski definition) is 2. The zero-order valence-corrected chi connectivity index (χ0v) is 18.2. The summed E-state index contributed by atoms with van der Waals surface area (Å²) >= 11 is 0. The molecule has 1 saturated carbocycles. The molecule has 4 rings (SSSR count). The van der Waals surface area contributed by atoms with E-state index in [1.807, 2.05) is 30.3 Å². The van der Waals surface area contributed by atoms with Crippen molar-refractivity contribution in [2.75, 3.05) is 19.5 Å². The molecule has 10 heteroatoms. The molecule has 0 aromatic carbocycles. The lowest BCUT2D eigenvalue weighted by atomic mass is 9.86. The summed E-state index contributed by atoms with van der Waals surface area (Å²) in [6.07, 6.45) is 7.94. The van der Waals surface area contributed by atoms with Crippen LogP contribution < -0.4 is 15.0 Å². The summed E-state index contributed by atoms with van der Waals surface area (Å²) < 4.78 is 22.8. The normalized spacial score (nSPS) is 14.9. The molecule has 0 bridgehead atoms. The third-order valence-electron chi connectivity index (χ3n) is 5.28. The van der Waals surface area contributed by atoms with E-state index in [0.717, 1.165) is 17.9 Å². The topological polar surface area (TPSA) is 117 Å². The molecule has 0 spiro atoms. The molecule has 3 aromatic heterocycles. The van der Waals surface area contributed by atoms with Crippen LogP contribution in [-0.2, 0) is 22.2 Å². The van der Waals surface area contributed by atoms with Crippen LogP contribution in [0.3, 0.4) is 0 Å². The van der Waals surface area contributed by atoms with E-state index in [9.17, 15) is 4.89 Å². The van der Waals surface area contributed by atoms with Gasteiger partial charge in [-0.05, 0) is 36.5 Å². The number of anilines is 1. The first kappa shape index (κ1) is 21.6. The molecule has 3 N–H and O–H groups in total.